The maximum atomic E-state index is 13.2. The molecule has 0 saturated carbocycles. The zero-order chi connectivity index (χ0) is 25.8. The average molecular weight is 543 g/mol. The number of rotatable bonds is 8. The van der Waals surface area contributed by atoms with Crippen molar-refractivity contribution < 1.29 is 26.4 Å². The third kappa shape index (κ3) is 7.39. The SMILES string of the molecule is Cc1cc(CSc2ccccc2)ccc1NC(=O)CN(c1ccc(Cl)c(C(F)(F)F)c1)S(C)(=O)=O. The van der Waals surface area contributed by atoms with Gasteiger partial charge in [0, 0.05) is 16.3 Å². The van der Waals surface area contributed by atoms with Crippen molar-refractivity contribution in [2.24, 2.45) is 0 Å². The molecule has 1 N–H and O–H groups in total. The highest BCUT2D eigenvalue weighted by Crippen LogP contribution is 2.37. The quantitative estimate of drug-likeness (QED) is 0.336. The number of hydrogen-bond acceptors (Lipinski definition) is 4. The standard InChI is InChI=1S/C24H22ClF3N2O3S2/c1-16-12-17(15-34-19-6-4-3-5-7-19)8-11-22(16)29-23(31)14-30(35(2,32)33)18-9-10-21(25)20(13-18)24(26,27)28/h3-13H,14-15H2,1-2H3,(H,29,31). The predicted molar refractivity (Wildman–Crippen MR) is 134 cm³/mol. The summed E-state index contributed by atoms with van der Waals surface area (Å²) in [6.45, 7) is 1.10. The molecule has 0 heterocycles. The average Bonchev–Trinajstić information content (AvgIpc) is 2.77. The maximum absolute atomic E-state index is 13.2. The molecule has 35 heavy (non-hydrogen) atoms. The van der Waals surface area contributed by atoms with Crippen LogP contribution in [0.2, 0.25) is 5.02 Å². The largest absolute Gasteiger partial charge is 0.417 e. The summed E-state index contributed by atoms with van der Waals surface area (Å²) in [6, 6.07) is 18.0. The van der Waals surface area contributed by atoms with Gasteiger partial charge in [-0.3, -0.25) is 9.10 Å². The van der Waals surface area contributed by atoms with E-state index in [1.165, 1.54) is 0 Å². The second-order valence-corrected chi connectivity index (χ2v) is 11.1. The van der Waals surface area contributed by atoms with Crippen LogP contribution < -0.4 is 9.62 Å². The van der Waals surface area contributed by atoms with Gasteiger partial charge in [-0.2, -0.15) is 13.2 Å². The van der Waals surface area contributed by atoms with Crippen molar-refractivity contribution in [3.8, 4) is 0 Å². The molecule has 0 aromatic heterocycles. The number of nitrogens with zero attached hydrogens (tertiary/aromatic N) is 1. The second-order valence-electron chi connectivity index (χ2n) is 7.73. The fourth-order valence-electron chi connectivity index (χ4n) is 3.24. The zero-order valence-corrected chi connectivity index (χ0v) is 21.2. The van der Waals surface area contributed by atoms with Crippen molar-refractivity contribution in [3.05, 3.63) is 88.4 Å². The molecule has 5 nitrogen and oxygen atoms in total. The van der Waals surface area contributed by atoms with Gasteiger partial charge >= 0.3 is 6.18 Å². The first-order chi connectivity index (χ1) is 16.3. The van der Waals surface area contributed by atoms with E-state index in [9.17, 15) is 26.4 Å². The highest BCUT2D eigenvalue weighted by Gasteiger charge is 2.34. The monoisotopic (exact) mass is 542 g/mol. The van der Waals surface area contributed by atoms with E-state index in [0.29, 0.717) is 16.1 Å². The van der Waals surface area contributed by atoms with E-state index in [1.54, 1.807) is 24.8 Å². The van der Waals surface area contributed by atoms with E-state index in [2.05, 4.69) is 5.32 Å². The molecule has 0 atom stereocenters. The molecule has 0 fully saturated rings. The molecule has 0 aliphatic rings. The van der Waals surface area contributed by atoms with Gasteiger partial charge in [-0.1, -0.05) is 41.9 Å². The summed E-state index contributed by atoms with van der Waals surface area (Å²) in [7, 11) is -4.07. The molecule has 0 aliphatic carbocycles. The van der Waals surface area contributed by atoms with Crippen LogP contribution in [0.4, 0.5) is 24.5 Å². The van der Waals surface area contributed by atoms with Gasteiger partial charge in [-0.25, -0.2) is 8.42 Å². The Morgan fingerprint density at radius 3 is 2.34 bits per heavy atom. The number of alkyl halides is 3. The number of carbonyl (C=O) groups excluding carboxylic acids is 1. The minimum Gasteiger partial charge on any atom is -0.324 e. The lowest BCUT2D eigenvalue weighted by Crippen LogP contribution is -2.37. The van der Waals surface area contributed by atoms with E-state index in [-0.39, 0.29) is 5.69 Å². The first kappa shape index (κ1) is 26.9. The number of carbonyl (C=O) groups is 1. The molecule has 0 spiro atoms. The number of amides is 1. The molecule has 186 valence electrons. The molecule has 3 rings (SSSR count). The van der Waals surface area contributed by atoms with Crippen LogP contribution in [-0.4, -0.2) is 27.1 Å². The summed E-state index contributed by atoms with van der Waals surface area (Å²) in [4.78, 5) is 13.8. The summed E-state index contributed by atoms with van der Waals surface area (Å²) in [5.74, 6) is 0.0208. The first-order valence-corrected chi connectivity index (χ1v) is 13.5. The molecule has 0 radical (unpaired) electrons. The highest BCUT2D eigenvalue weighted by molar-refractivity contribution is 7.98. The molecule has 0 saturated heterocycles. The maximum Gasteiger partial charge on any atom is 0.417 e. The summed E-state index contributed by atoms with van der Waals surface area (Å²) >= 11 is 7.30. The zero-order valence-electron chi connectivity index (χ0n) is 18.8. The number of nitrogens with one attached hydrogen (secondary N) is 1. The summed E-state index contributed by atoms with van der Waals surface area (Å²) in [5, 5.41) is 2.07. The fraction of sp³-hybridized carbons (Fsp3) is 0.208. The van der Waals surface area contributed by atoms with E-state index in [4.69, 9.17) is 11.6 Å². The molecular weight excluding hydrogens is 521 g/mol. The predicted octanol–water partition coefficient (Wildman–Crippen LogP) is 6.36. The Labute approximate surface area is 211 Å². The summed E-state index contributed by atoms with van der Waals surface area (Å²) in [5.41, 5.74) is 0.771. The number of anilines is 2. The van der Waals surface area contributed by atoms with Crippen molar-refractivity contribution in [2.45, 2.75) is 23.7 Å². The van der Waals surface area contributed by atoms with Gasteiger partial charge in [0.25, 0.3) is 0 Å². The van der Waals surface area contributed by atoms with E-state index >= 15 is 0 Å². The van der Waals surface area contributed by atoms with Crippen LogP contribution in [0.15, 0.2) is 71.6 Å². The van der Waals surface area contributed by atoms with Crippen LogP contribution in [-0.2, 0) is 26.7 Å². The van der Waals surface area contributed by atoms with Gasteiger partial charge in [0.15, 0.2) is 0 Å². The van der Waals surface area contributed by atoms with Gasteiger partial charge in [0.2, 0.25) is 15.9 Å². The first-order valence-electron chi connectivity index (χ1n) is 10.3. The van der Waals surface area contributed by atoms with E-state index in [0.717, 1.165) is 40.2 Å². The minimum absolute atomic E-state index is 0.315. The fourth-order valence-corrected chi connectivity index (χ4v) is 5.18. The second kappa shape index (κ2) is 10.9. The number of hydrogen-bond donors (Lipinski definition) is 1. The van der Waals surface area contributed by atoms with Crippen LogP contribution in [0.1, 0.15) is 16.7 Å². The lowest BCUT2D eigenvalue weighted by Gasteiger charge is -2.23. The van der Waals surface area contributed by atoms with E-state index < -0.39 is 39.2 Å². The third-order valence-corrected chi connectivity index (χ3v) is 7.50. The van der Waals surface area contributed by atoms with Crippen molar-refractivity contribution >= 4 is 50.7 Å². The Bertz CT molecular complexity index is 1320. The molecule has 11 heteroatoms. The molecule has 0 aliphatic heterocycles. The van der Waals surface area contributed by atoms with Gasteiger partial charge < -0.3 is 5.32 Å². The van der Waals surface area contributed by atoms with Crippen LogP contribution in [0, 0.1) is 6.92 Å². The van der Waals surface area contributed by atoms with Crippen LogP contribution in [0.25, 0.3) is 0 Å². The summed E-state index contributed by atoms with van der Waals surface area (Å²) in [6.07, 6.45) is -3.97. The lowest BCUT2D eigenvalue weighted by molar-refractivity contribution is -0.137. The molecular formula is C24H22ClF3N2O3S2. The Kier molecular flexibility index (Phi) is 8.40. The van der Waals surface area contributed by atoms with E-state index in [1.807, 2.05) is 42.5 Å². The third-order valence-electron chi connectivity index (χ3n) is 4.94. The van der Waals surface area contributed by atoms with Crippen molar-refractivity contribution in [2.75, 3.05) is 22.4 Å². The van der Waals surface area contributed by atoms with Gasteiger partial charge in [-0.15, -0.1) is 11.8 Å². The van der Waals surface area contributed by atoms with Crippen molar-refractivity contribution in [1.82, 2.24) is 0 Å². The molecule has 1 amide bonds. The van der Waals surface area contributed by atoms with Gasteiger partial charge in [0.05, 0.1) is 22.5 Å². The van der Waals surface area contributed by atoms with Crippen LogP contribution in [0.3, 0.4) is 0 Å². The number of sulfonamides is 1. The number of halogens is 4. The number of thioether (sulfide) groups is 1. The molecule has 0 unspecified atom stereocenters. The van der Waals surface area contributed by atoms with Crippen molar-refractivity contribution in [3.63, 3.8) is 0 Å². The number of aryl methyl sites for hydroxylation is 1. The molecule has 3 aromatic rings. The van der Waals surface area contributed by atoms with Crippen LogP contribution in [0.5, 0.6) is 0 Å². The topological polar surface area (TPSA) is 66.5 Å². The van der Waals surface area contributed by atoms with Crippen molar-refractivity contribution in [1.29, 1.82) is 0 Å². The lowest BCUT2D eigenvalue weighted by atomic mass is 10.1. The molecule has 3 aromatic carbocycles. The Hall–Kier alpha value is -2.69. The van der Waals surface area contributed by atoms with Gasteiger partial charge in [0.1, 0.15) is 6.54 Å². The minimum atomic E-state index is -4.78. The normalized spacial score (nSPS) is 11.8. The van der Waals surface area contributed by atoms with Crippen LogP contribution >= 0.6 is 23.4 Å². The highest BCUT2D eigenvalue weighted by atomic mass is 35.5. The Morgan fingerprint density at radius 2 is 1.74 bits per heavy atom. The smallest absolute Gasteiger partial charge is 0.324 e. The summed E-state index contributed by atoms with van der Waals surface area (Å²) < 4.78 is 64.9. The molecule has 0 bridgehead atoms. The van der Waals surface area contributed by atoms with Gasteiger partial charge in [-0.05, 0) is 54.4 Å². The number of benzene rings is 3. The Morgan fingerprint density at radius 1 is 1.06 bits per heavy atom. The Balaban J connectivity index is 1.74.